The molecule has 2 aromatic heterocycles. The molecule has 0 spiro atoms. The smallest absolute Gasteiger partial charge is 0.229 e. The zero-order valence-corrected chi connectivity index (χ0v) is 14.3. The number of anilines is 1. The quantitative estimate of drug-likeness (QED) is 0.780. The maximum atomic E-state index is 12.6. The highest BCUT2D eigenvalue weighted by Gasteiger charge is 2.38. The Morgan fingerprint density at radius 2 is 2.38 bits per heavy atom. The van der Waals surface area contributed by atoms with E-state index in [1.165, 1.54) is 16.2 Å². The highest BCUT2D eigenvalue weighted by Crippen LogP contribution is 2.29. The predicted octanol–water partition coefficient (Wildman–Crippen LogP) is 1.29. The Bertz CT molecular complexity index is 715. The van der Waals surface area contributed by atoms with E-state index in [1.807, 2.05) is 6.07 Å². The number of carbonyl (C=O) groups is 2. The van der Waals surface area contributed by atoms with Crippen molar-refractivity contribution in [1.29, 1.82) is 0 Å². The maximum Gasteiger partial charge on any atom is 0.229 e. The topological polar surface area (TPSA) is 88.8 Å². The highest BCUT2D eigenvalue weighted by atomic mass is 32.1. The molecular formula is C15H18N4O4S. The van der Waals surface area contributed by atoms with Gasteiger partial charge in [0.05, 0.1) is 18.4 Å². The summed E-state index contributed by atoms with van der Waals surface area (Å²) in [6.45, 7) is 1.14. The van der Waals surface area contributed by atoms with E-state index in [9.17, 15) is 9.59 Å². The molecule has 1 atom stereocenters. The molecule has 1 unspecified atom stereocenters. The van der Waals surface area contributed by atoms with Gasteiger partial charge < -0.3 is 14.1 Å². The molecule has 2 amide bonds. The van der Waals surface area contributed by atoms with Crippen LogP contribution in [0.15, 0.2) is 23.0 Å². The van der Waals surface area contributed by atoms with E-state index >= 15 is 0 Å². The molecule has 9 heteroatoms. The molecular weight excluding hydrogens is 332 g/mol. The molecule has 1 saturated heterocycles. The van der Waals surface area contributed by atoms with Crippen molar-refractivity contribution in [3.8, 4) is 0 Å². The third-order valence-electron chi connectivity index (χ3n) is 3.81. The van der Waals surface area contributed by atoms with Gasteiger partial charge in [0.25, 0.3) is 0 Å². The Morgan fingerprint density at radius 1 is 1.54 bits per heavy atom. The van der Waals surface area contributed by atoms with Gasteiger partial charge in [-0.2, -0.15) is 0 Å². The van der Waals surface area contributed by atoms with Crippen LogP contribution >= 0.6 is 11.3 Å². The van der Waals surface area contributed by atoms with Gasteiger partial charge in [-0.3, -0.25) is 14.5 Å². The van der Waals surface area contributed by atoms with Gasteiger partial charge in [0.2, 0.25) is 16.9 Å². The molecule has 0 radical (unpaired) electrons. The molecule has 0 N–H and O–H groups in total. The van der Waals surface area contributed by atoms with E-state index in [4.69, 9.17) is 9.15 Å². The fraction of sp³-hybridized carbons (Fsp3) is 0.467. The summed E-state index contributed by atoms with van der Waals surface area (Å²) in [4.78, 5) is 28.0. The van der Waals surface area contributed by atoms with Gasteiger partial charge in [0, 0.05) is 39.2 Å². The number of furan rings is 1. The normalized spacial score (nSPS) is 17.5. The van der Waals surface area contributed by atoms with Gasteiger partial charge in [-0.15, -0.1) is 10.2 Å². The minimum absolute atomic E-state index is 0.0614. The first-order valence-corrected chi connectivity index (χ1v) is 8.28. The molecule has 1 aliphatic rings. The third kappa shape index (κ3) is 3.46. The fourth-order valence-corrected chi connectivity index (χ4v) is 3.48. The first kappa shape index (κ1) is 16.6. The number of ether oxygens (including phenoxy) is 1. The largest absolute Gasteiger partial charge is 0.472 e. The zero-order chi connectivity index (χ0) is 17.1. The molecule has 3 rings (SSSR count). The average molecular weight is 350 g/mol. The second-order valence-electron chi connectivity index (χ2n) is 5.64. The number of rotatable bonds is 6. The van der Waals surface area contributed by atoms with Crippen LogP contribution in [0.3, 0.4) is 0 Å². The fourth-order valence-electron chi connectivity index (χ4n) is 2.64. The van der Waals surface area contributed by atoms with Crippen molar-refractivity contribution in [2.45, 2.75) is 19.6 Å². The summed E-state index contributed by atoms with van der Waals surface area (Å²) in [7, 11) is 3.30. The molecule has 0 aliphatic carbocycles. The van der Waals surface area contributed by atoms with Crippen LogP contribution in [0.2, 0.25) is 0 Å². The van der Waals surface area contributed by atoms with Crippen LogP contribution in [0.5, 0.6) is 0 Å². The van der Waals surface area contributed by atoms with E-state index in [0.29, 0.717) is 29.8 Å². The minimum atomic E-state index is -0.371. The number of methoxy groups -OCH3 is 1. The van der Waals surface area contributed by atoms with Crippen LogP contribution < -0.4 is 4.90 Å². The zero-order valence-electron chi connectivity index (χ0n) is 13.5. The van der Waals surface area contributed by atoms with E-state index in [0.717, 1.165) is 5.56 Å². The predicted molar refractivity (Wildman–Crippen MR) is 86.3 cm³/mol. The first-order valence-electron chi connectivity index (χ1n) is 7.46. The van der Waals surface area contributed by atoms with Crippen molar-refractivity contribution in [2.75, 3.05) is 25.6 Å². The lowest BCUT2D eigenvalue weighted by molar-refractivity contribution is -0.135. The molecule has 2 aromatic rings. The lowest BCUT2D eigenvalue weighted by Gasteiger charge is -2.20. The summed E-state index contributed by atoms with van der Waals surface area (Å²) in [5, 5.41) is 9.22. The van der Waals surface area contributed by atoms with Gasteiger partial charge in [0.1, 0.15) is 11.6 Å². The molecule has 0 saturated carbocycles. The number of hydrogen-bond donors (Lipinski definition) is 0. The van der Waals surface area contributed by atoms with Crippen molar-refractivity contribution in [2.24, 2.45) is 5.92 Å². The first-order chi connectivity index (χ1) is 11.6. The molecule has 1 fully saturated rings. The van der Waals surface area contributed by atoms with Crippen LogP contribution in [0.4, 0.5) is 5.13 Å². The van der Waals surface area contributed by atoms with Gasteiger partial charge >= 0.3 is 0 Å². The monoisotopic (exact) mass is 350 g/mol. The number of hydrogen-bond acceptors (Lipinski definition) is 7. The molecule has 128 valence electrons. The van der Waals surface area contributed by atoms with Gasteiger partial charge in [-0.1, -0.05) is 11.3 Å². The standard InChI is InChI=1S/C15H18N4O4S/c1-18(6-10-3-4-23-8-10)14(21)11-5-13(20)19(7-11)15-17-16-12(24-15)9-22-2/h3-4,8,11H,5-7,9H2,1-2H3. The number of aromatic nitrogens is 2. The van der Waals surface area contributed by atoms with Crippen molar-refractivity contribution in [1.82, 2.24) is 15.1 Å². The Balaban J connectivity index is 1.63. The Morgan fingerprint density at radius 3 is 3.08 bits per heavy atom. The Hall–Kier alpha value is -2.26. The second-order valence-corrected chi connectivity index (χ2v) is 6.68. The van der Waals surface area contributed by atoms with Gasteiger partial charge in [-0.25, -0.2) is 0 Å². The molecule has 3 heterocycles. The van der Waals surface area contributed by atoms with E-state index in [1.54, 1.807) is 31.6 Å². The van der Waals surface area contributed by atoms with Crippen LogP contribution in [0, 0.1) is 5.92 Å². The second kappa shape index (κ2) is 7.10. The lowest BCUT2D eigenvalue weighted by Crippen LogP contribution is -2.34. The van der Waals surface area contributed by atoms with Crippen LogP contribution in [0.25, 0.3) is 0 Å². The van der Waals surface area contributed by atoms with Gasteiger partial charge in [0.15, 0.2) is 0 Å². The number of carbonyl (C=O) groups excluding carboxylic acids is 2. The summed E-state index contributed by atoms with van der Waals surface area (Å²) < 4.78 is 10.0. The Kier molecular flexibility index (Phi) is 4.91. The molecule has 0 bridgehead atoms. The lowest BCUT2D eigenvalue weighted by atomic mass is 10.1. The summed E-state index contributed by atoms with van der Waals surface area (Å²) in [6.07, 6.45) is 3.36. The van der Waals surface area contributed by atoms with Crippen LogP contribution in [-0.2, 0) is 27.5 Å². The van der Waals surface area contributed by atoms with Crippen molar-refractivity contribution in [3.05, 3.63) is 29.2 Å². The summed E-state index contributed by atoms with van der Waals surface area (Å²) in [5.41, 5.74) is 0.917. The maximum absolute atomic E-state index is 12.6. The van der Waals surface area contributed by atoms with Crippen molar-refractivity contribution in [3.63, 3.8) is 0 Å². The third-order valence-corrected chi connectivity index (χ3v) is 4.72. The minimum Gasteiger partial charge on any atom is -0.472 e. The van der Waals surface area contributed by atoms with Gasteiger partial charge in [-0.05, 0) is 6.07 Å². The SMILES string of the molecule is COCc1nnc(N2CC(C(=O)N(C)Cc3ccoc3)CC2=O)s1. The highest BCUT2D eigenvalue weighted by molar-refractivity contribution is 7.15. The van der Waals surface area contributed by atoms with E-state index < -0.39 is 0 Å². The molecule has 24 heavy (non-hydrogen) atoms. The van der Waals surface area contributed by atoms with Crippen molar-refractivity contribution < 1.29 is 18.7 Å². The van der Waals surface area contributed by atoms with Crippen LogP contribution in [-0.4, -0.2) is 47.6 Å². The van der Waals surface area contributed by atoms with Crippen molar-refractivity contribution >= 4 is 28.3 Å². The van der Waals surface area contributed by atoms with E-state index in [2.05, 4.69) is 10.2 Å². The number of nitrogens with zero attached hydrogens (tertiary/aromatic N) is 4. The summed E-state index contributed by atoms with van der Waals surface area (Å²) in [6, 6.07) is 1.81. The molecule has 8 nitrogen and oxygen atoms in total. The number of amides is 2. The average Bonchev–Trinajstić information content (AvgIpc) is 3.28. The molecule has 1 aliphatic heterocycles. The van der Waals surface area contributed by atoms with E-state index in [-0.39, 0.29) is 24.2 Å². The molecule has 0 aromatic carbocycles. The summed E-state index contributed by atoms with van der Waals surface area (Å²) >= 11 is 1.30. The summed E-state index contributed by atoms with van der Waals surface area (Å²) in [5.74, 6) is -0.539. The Labute approximate surface area is 143 Å². The van der Waals surface area contributed by atoms with Crippen LogP contribution in [0.1, 0.15) is 17.0 Å².